The summed E-state index contributed by atoms with van der Waals surface area (Å²) >= 11 is 0. The quantitative estimate of drug-likeness (QED) is 0.717. The van der Waals surface area contributed by atoms with Crippen molar-refractivity contribution >= 4 is 17.2 Å². The summed E-state index contributed by atoms with van der Waals surface area (Å²) in [5, 5.41) is 9.06. The Morgan fingerprint density at radius 3 is 2.88 bits per heavy atom. The number of nitrogens with zero attached hydrogens (tertiary/aromatic N) is 2. The van der Waals surface area contributed by atoms with E-state index in [1.54, 1.807) is 22.7 Å². The van der Waals surface area contributed by atoms with Crippen LogP contribution in [-0.4, -0.2) is 26.5 Å². The fourth-order valence-electron chi connectivity index (χ4n) is 1.75. The summed E-state index contributed by atoms with van der Waals surface area (Å²) < 4.78 is 1.68. The number of fused-ring (bicyclic) bond motifs is 1. The van der Waals surface area contributed by atoms with E-state index in [1.165, 1.54) is 0 Å². The molecule has 1 unspecified atom stereocenters. The van der Waals surface area contributed by atoms with Crippen LogP contribution in [0.25, 0.3) is 5.52 Å². The first-order valence-electron chi connectivity index (χ1n) is 5.24. The third kappa shape index (κ3) is 2.07. The van der Waals surface area contributed by atoms with Gasteiger partial charge in [-0.2, -0.15) is 0 Å². The zero-order chi connectivity index (χ0) is 12.6. The van der Waals surface area contributed by atoms with Gasteiger partial charge < -0.3 is 21.0 Å². The molecule has 0 aromatic carbocycles. The van der Waals surface area contributed by atoms with Crippen LogP contribution in [0.3, 0.4) is 0 Å². The molecular formula is C11H14N4O2. The number of carboxylic acid groups (broad SMARTS) is 1. The lowest BCUT2D eigenvalue weighted by Gasteiger charge is -2.04. The largest absolute Gasteiger partial charge is 0.476 e. The Kier molecular flexibility index (Phi) is 2.72. The predicted octanol–water partition coefficient (Wildman–Crippen LogP) is 0.504. The Morgan fingerprint density at radius 1 is 1.59 bits per heavy atom. The molecule has 2 heterocycles. The van der Waals surface area contributed by atoms with E-state index in [4.69, 9.17) is 16.6 Å². The summed E-state index contributed by atoms with van der Waals surface area (Å²) in [6.07, 6.45) is 2.16. The Balaban J connectivity index is 2.66. The van der Waals surface area contributed by atoms with Gasteiger partial charge >= 0.3 is 5.97 Å². The van der Waals surface area contributed by atoms with E-state index in [0.717, 1.165) is 0 Å². The number of aromatic carboxylic acids is 1. The van der Waals surface area contributed by atoms with Crippen molar-refractivity contribution in [3.63, 3.8) is 0 Å². The van der Waals surface area contributed by atoms with E-state index in [1.807, 2.05) is 6.92 Å². The molecule has 0 radical (unpaired) electrons. The van der Waals surface area contributed by atoms with Gasteiger partial charge in [-0.15, -0.1) is 0 Å². The van der Waals surface area contributed by atoms with E-state index in [-0.39, 0.29) is 11.7 Å². The Hall–Kier alpha value is -2.08. The molecule has 0 spiro atoms. The first-order valence-corrected chi connectivity index (χ1v) is 5.24. The van der Waals surface area contributed by atoms with Gasteiger partial charge in [0.1, 0.15) is 5.82 Å². The van der Waals surface area contributed by atoms with Crippen LogP contribution in [0, 0.1) is 0 Å². The van der Waals surface area contributed by atoms with Crippen molar-refractivity contribution in [1.29, 1.82) is 0 Å². The molecule has 0 saturated heterocycles. The molecule has 5 N–H and O–H groups in total. The number of imidazole rings is 1. The highest BCUT2D eigenvalue weighted by Gasteiger charge is 2.17. The molecule has 6 heteroatoms. The molecule has 0 fully saturated rings. The van der Waals surface area contributed by atoms with Crippen LogP contribution >= 0.6 is 0 Å². The fourth-order valence-corrected chi connectivity index (χ4v) is 1.75. The minimum atomic E-state index is -1.05. The molecule has 0 aliphatic carbocycles. The molecule has 2 rings (SSSR count). The summed E-state index contributed by atoms with van der Waals surface area (Å²) in [7, 11) is 0. The van der Waals surface area contributed by atoms with Crippen molar-refractivity contribution in [1.82, 2.24) is 9.38 Å². The number of hydrogen-bond donors (Lipinski definition) is 3. The molecule has 0 aliphatic heterocycles. The van der Waals surface area contributed by atoms with Crippen LogP contribution in [-0.2, 0) is 6.42 Å². The Bertz CT molecular complexity index is 574. The molecule has 90 valence electrons. The molecule has 2 aromatic rings. The van der Waals surface area contributed by atoms with Crippen LogP contribution in [0.1, 0.15) is 23.2 Å². The lowest BCUT2D eigenvalue weighted by atomic mass is 10.2. The molecule has 0 saturated carbocycles. The van der Waals surface area contributed by atoms with Gasteiger partial charge in [0.05, 0.1) is 5.52 Å². The van der Waals surface area contributed by atoms with Gasteiger partial charge in [-0.05, 0) is 19.1 Å². The summed E-state index contributed by atoms with van der Waals surface area (Å²) in [6.45, 7) is 1.84. The number of rotatable bonds is 3. The standard InChI is InChI=1S/C11H14N4O2/c1-6(12)4-9-14-10(11(16)17)8-3-2-7(13)5-15(8)9/h2-3,5-6H,4,12-13H2,1H3,(H,16,17). The van der Waals surface area contributed by atoms with Crippen LogP contribution in [0.15, 0.2) is 18.3 Å². The number of pyridine rings is 1. The van der Waals surface area contributed by atoms with E-state index in [9.17, 15) is 4.79 Å². The molecular weight excluding hydrogens is 220 g/mol. The number of carbonyl (C=O) groups is 1. The van der Waals surface area contributed by atoms with Crippen molar-refractivity contribution in [3.8, 4) is 0 Å². The Labute approximate surface area is 97.9 Å². The maximum atomic E-state index is 11.1. The van der Waals surface area contributed by atoms with Crippen LogP contribution in [0.4, 0.5) is 5.69 Å². The number of carboxylic acids is 1. The van der Waals surface area contributed by atoms with Crippen molar-refractivity contribution in [2.45, 2.75) is 19.4 Å². The molecule has 1 atom stereocenters. The van der Waals surface area contributed by atoms with Crippen LogP contribution in [0.2, 0.25) is 0 Å². The summed E-state index contributed by atoms with van der Waals surface area (Å²) in [5.74, 6) is -0.442. The SMILES string of the molecule is CC(N)Cc1nc(C(=O)O)c2ccc(N)cn12. The highest BCUT2D eigenvalue weighted by atomic mass is 16.4. The highest BCUT2D eigenvalue weighted by Crippen LogP contribution is 2.16. The molecule has 2 aromatic heterocycles. The predicted molar refractivity (Wildman–Crippen MR) is 63.9 cm³/mol. The average Bonchev–Trinajstić information content (AvgIpc) is 2.56. The van der Waals surface area contributed by atoms with E-state index in [2.05, 4.69) is 4.98 Å². The van der Waals surface area contributed by atoms with Crippen molar-refractivity contribution in [3.05, 3.63) is 29.8 Å². The Morgan fingerprint density at radius 2 is 2.29 bits per heavy atom. The average molecular weight is 234 g/mol. The second kappa shape index (κ2) is 4.06. The number of hydrogen-bond acceptors (Lipinski definition) is 4. The third-order valence-electron chi connectivity index (χ3n) is 2.44. The van der Waals surface area contributed by atoms with Gasteiger partial charge in [0, 0.05) is 24.3 Å². The second-order valence-corrected chi connectivity index (χ2v) is 4.08. The first-order chi connectivity index (χ1) is 7.99. The van der Waals surface area contributed by atoms with Gasteiger partial charge in [0.25, 0.3) is 0 Å². The lowest BCUT2D eigenvalue weighted by Crippen LogP contribution is -2.19. The minimum Gasteiger partial charge on any atom is -0.476 e. The third-order valence-corrected chi connectivity index (χ3v) is 2.44. The van der Waals surface area contributed by atoms with Gasteiger partial charge in [-0.1, -0.05) is 0 Å². The normalized spacial score (nSPS) is 12.8. The lowest BCUT2D eigenvalue weighted by molar-refractivity contribution is 0.0693. The summed E-state index contributed by atoms with van der Waals surface area (Å²) in [4.78, 5) is 15.2. The summed E-state index contributed by atoms with van der Waals surface area (Å²) in [6, 6.07) is 3.21. The smallest absolute Gasteiger partial charge is 0.356 e. The van der Waals surface area contributed by atoms with Gasteiger partial charge in [-0.25, -0.2) is 9.78 Å². The topological polar surface area (TPSA) is 107 Å². The highest BCUT2D eigenvalue weighted by molar-refractivity contribution is 5.93. The van der Waals surface area contributed by atoms with E-state index < -0.39 is 5.97 Å². The molecule has 0 aliphatic rings. The van der Waals surface area contributed by atoms with Crippen LogP contribution < -0.4 is 11.5 Å². The molecule has 0 amide bonds. The number of aromatic nitrogens is 2. The van der Waals surface area contributed by atoms with Crippen molar-refractivity contribution in [2.75, 3.05) is 5.73 Å². The maximum Gasteiger partial charge on any atom is 0.356 e. The summed E-state index contributed by atoms with van der Waals surface area (Å²) in [5.41, 5.74) is 12.5. The van der Waals surface area contributed by atoms with Gasteiger partial charge in [0.2, 0.25) is 0 Å². The first kappa shape index (κ1) is 11.4. The second-order valence-electron chi connectivity index (χ2n) is 4.08. The minimum absolute atomic E-state index is 0.0284. The fraction of sp³-hybridized carbons (Fsp3) is 0.273. The van der Waals surface area contributed by atoms with Crippen molar-refractivity contribution < 1.29 is 9.90 Å². The maximum absolute atomic E-state index is 11.1. The van der Waals surface area contributed by atoms with E-state index >= 15 is 0 Å². The van der Waals surface area contributed by atoms with Gasteiger partial charge in [-0.3, -0.25) is 0 Å². The molecule has 6 nitrogen and oxygen atoms in total. The van der Waals surface area contributed by atoms with Gasteiger partial charge in [0.15, 0.2) is 5.69 Å². The monoisotopic (exact) mass is 234 g/mol. The number of anilines is 1. The zero-order valence-corrected chi connectivity index (χ0v) is 9.42. The van der Waals surface area contributed by atoms with Crippen LogP contribution in [0.5, 0.6) is 0 Å². The number of nitrogens with two attached hydrogens (primary N) is 2. The molecule has 0 bridgehead atoms. The zero-order valence-electron chi connectivity index (χ0n) is 9.42. The number of nitrogen functional groups attached to an aromatic ring is 1. The van der Waals surface area contributed by atoms with E-state index in [0.29, 0.717) is 23.4 Å². The molecule has 17 heavy (non-hydrogen) atoms. The van der Waals surface area contributed by atoms with Crippen molar-refractivity contribution in [2.24, 2.45) is 5.73 Å².